The normalized spacial score (nSPS) is 11.5. The van der Waals surface area contributed by atoms with Crippen LogP contribution in [0.2, 0.25) is 0 Å². The number of para-hydroxylation sites is 1. The molecule has 0 bridgehead atoms. The third-order valence-corrected chi connectivity index (χ3v) is 8.06. The summed E-state index contributed by atoms with van der Waals surface area (Å²) in [7, 11) is -3.19. The van der Waals surface area contributed by atoms with Crippen molar-refractivity contribution in [2.75, 3.05) is 23.5 Å². The lowest BCUT2D eigenvalue weighted by Gasteiger charge is -2.10. The van der Waals surface area contributed by atoms with Gasteiger partial charge in [-0.25, -0.2) is 23.4 Å². The molecule has 9 nitrogen and oxygen atoms in total. The van der Waals surface area contributed by atoms with Gasteiger partial charge in [-0.2, -0.15) is 0 Å². The zero-order valence-electron chi connectivity index (χ0n) is 20.4. The average molecular weight is 547 g/mol. The van der Waals surface area contributed by atoms with E-state index in [0.717, 1.165) is 43.5 Å². The van der Waals surface area contributed by atoms with E-state index in [1.807, 2.05) is 72.8 Å². The van der Waals surface area contributed by atoms with Crippen LogP contribution >= 0.6 is 11.3 Å². The number of nitrogens with two attached hydrogens (primary N) is 1. The molecule has 0 fully saturated rings. The van der Waals surface area contributed by atoms with Crippen LogP contribution in [0.25, 0.3) is 21.5 Å². The topological polar surface area (TPSA) is 132 Å². The maximum Gasteiger partial charge on any atom is 0.164 e. The predicted octanol–water partition coefficient (Wildman–Crippen LogP) is 4.71. The standard InChI is InChI=1S/C27H26N6O3S2/c28-17-38(34,35)13-12-29-15-23-16-30-27(37-23)19-6-11-24-25(14-19)31-18-32-26(24)33-20-7-9-22(10-8-20)36-21-4-2-1-3-5-21/h1-11,14,16,18,29H,12-13,15,17,28H2,(H,31,32,33). The molecule has 5 aromatic rings. The van der Waals surface area contributed by atoms with Crippen LogP contribution < -0.4 is 21.1 Å². The molecule has 0 aliphatic carbocycles. The summed E-state index contributed by atoms with van der Waals surface area (Å²) in [5, 5.41) is 8.25. The molecule has 0 aliphatic rings. The Bertz CT molecular complexity index is 1620. The first kappa shape index (κ1) is 25.7. The molecule has 11 heteroatoms. The van der Waals surface area contributed by atoms with E-state index in [9.17, 15) is 8.42 Å². The monoisotopic (exact) mass is 546 g/mol. The molecule has 0 amide bonds. The van der Waals surface area contributed by atoms with Gasteiger partial charge in [0, 0.05) is 40.8 Å². The van der Waals surface area contributed by atoms with Crippen molar-refractivity contribution < 1.29 is 13.2 Å². The molecule has 194 valence electrons. The van der Waals surface area contributed by atoms with E-state index in [1.165, 1.54) is 6.33 Å². The molecule has 0 saturated heterocycles. The Morgan fingerprint density at radius 1 is 0.921 bits per heavy atom. The fourth-order valence-electron chi connectivity index (χ4n) is 3.70. The molecule has 0 saturated carbocycles. The van der Waals surface area contributed by atoms with Crippen molar-refractivity contribution >= 4 is 43.6 Å². The van der Waals surface area contributed by atoms with E-state index in [0.29, 0.717) is 18.9 Å². The molecule has 2 heterocycles. The number of fused-ring (bicyclic) bond motifs is 1. The minimum Gasteiger partial charge on any atom is -0.457 e. The van der Waals surface area contributed by atoms with Crippen molar-refractivity contribution in [1.82, 2.24) is 20.3 Å². The van der Waals surface area contributed by atoms with Gasteiger partial charge in [0.25, 0.3) is 0 Å². The van der Waals surface area contributed by atoms with Crippen LogP contribution in [0, 0.1) is 0 Å². The molecule has 5 rings (SSSR count). The van der Waals surface area contributed by atoms with Crippen LogP contribution in [0.15, 0.2) is 85.3 Å². The second-order valence-electron chi connectivity index (χ2n) is 8.44. The van der Waals surface area contributed by atoms with Crippen molar-refractivity contribution in [1.29, 1.82) is 0 Å². The Balaban J connectivity index is 1.25. The summed E-state index contributed by atoms with van der Waals surface area (Å²) in [5.74, 6) is 1.92. The molecule has 0 spiro atoms. The summed E-state index contributed by atoms with van der Waals surface area (Å²) in [6.07, 6.45) is 3.33. The van der Waals surface area contributed by atoms with Crippen LogP contribution in [0.1, 0.15) is 4.88 Å². The number of nitrogens with one attached hydrogen (secondary N) is 2. The van der Waals surface area contributed by atoms with Crippen LogP contribution in [-0.2, 0) is 16.4 Å². The van der Waals surface area contributed by atoms with E-state index in [4.69, 9.17) is 10.5 Å². The van der Waals surface area contributed by atoms with Crippen LogP contribution in [0.5, 0.6) is 11.5 Å². The van der Waals surface area contributed by atoms with E-state index < -0.39 is 9.84 Å². The van der Waals surface area contributed by atoms with Crippen LogP contribution in [-0.4, -0.2) is 41.5 Å². The lowest BCUT2D eigenvalue weighted by Crippen LogP contribution is -2.26. The molecular weight excluding hydrogens is 520 g/mol. The molecule has 2 aromatic heterocycles. The number of nitrogens with zero attached hydrogens (tertiary/aromatic N) is 3. The first-order chi connectivity index (χ1) is 18.5. The first-order valence-corrected chi connectivity index (χ1v) is 14.5. The minimum atomic E-state index is -3.19. The maximum atomic E-state index is 11.5. The predicted molar refractivity (Wildman–Crippen MR) is 151 cm³/mol. The van der Waals surface area contributed by atoms with E-state index in [1.54, 1.807) is 17.5 Å². The highest BCUT2D eigenvalue weighted by Gasteiger charge is 2.11. The fourth-order valence-corrected chi connectivity index (χ4v) is 5.20. The van der Waals surface area contributed by atoms with Gasteiger partial charge < -0.3 is 21.1 Å². The molecular formula is C27H26N6O3S2. The van der Waals surface area contributed by atoms with Crippen LogP contribution in [0.4, 0.5) is 11.5 Å². The van der Waals surface area contributed by atoms with E-state index in [2.05, 4.69) is 25.6 Å². The average Bonchev–Trinajstić information content (AvgIpc) is 3.42. The Morgan fingerprint density at radius 2 is 1.71 bits per heavy atom. The van der Waals surface area contributed by atoms with Gasteiger partial charge in [0.15, 0.2) is 9.84 Å². The first-order valence-electron chi connectivity index (χ1n) is 11.9. The van der Waals surface area contributed by atoms with E-state index >= 15 is 0 Å². The summed E-state index contributed by atoms with van der Waals surface area (Å²) in [4.78, 5) is 14.4. The number of benzene rings is 3. The fraction of sp³-hybridized carbons (Fsp3) is 0.148. The Labute approximate surface area is 224 Å². The number of hydrogen-bond acceptors (Lipinski definition) is 10. The van der Waals surface area contributed by atoms with Gasteiger partial charge >= 0.3 is 0 Å². The number of rotatable bonds is 11. The molecule has 0 aliphatic heterocycles. The third kappa shape index (κ3) is 6.50. The number of anilines is 2. The third-order valence-electron chi connectivity index (χ3n) is 5.68. The second kappa shape index (κ2) is 11.7. The Hall–Kier alpha value is -3.90. The van der Waals surface area contributed by atoms with Crippen molar-refractivity contribution in [3.63, 3.8) is 0 Å². The SMILES string of the molecule is NCS(=O)(=O)CCNCc1cnc(-c2ccc3c(Nc4ccc(Oc5ccccc5)cc4)ncnc3c2)s1. The summed E-state index contributed by atoms with van der Waals surface area (Å²) in [6, 6.07) is 23.3. The summed E-state index contributed by atoms with van der Waals surface area (Å²) < 4.78 is 28.9. The largest absolute Gasteiger partial charge is 0.457 e. The number of aromatic nitrogens is 3. The Kier molecular flexibility index (Phi) is 7.89. The van der Waals surface area contributed by atoms with Crippen molar-refractivity contribution in [3.05, 3.63) is 90.2 Å². The second-order valence-corrected chi connectivity index (χ2v) is 11.8. The minimum absolute atomic E-state index is 0.0154. The highest BCUT2D eigenvalue weighted by molar-refractivity contribution is 7.91. The highest BCUT2D eigenvalue weighted by Crippen LogP contribution is 2.31. The molecule has 4 N–H and O–H groups in total. The molecule has 0 radical (unpaired) electrons. The zero-order valence-corrected chi connectivity index (χ0v) is 22.0. The van der Waals surface area contributed by atoms with Gasteiger partial charge in [-0.1, -0.05) is 24.3 Å². The highest BCUT2D eigenvalue weighted by atomic mass is 32.2. The summed E-state index contributed by atoms with van der Waals surface area (Å²) in [5.41, 5.74) is 7.87. The van der Waals surface area contributed by atoms with Gasteiger partial charge in [-0.05, 0) is 48.5 Å². The van der Waals surface area contributed by atoms with E-state index in [-0.39, 0.29) is 11.6 Å². The van der Waals surface area contributed by atoms with Gasteiger partial charge in [0.1, 0.15) is 28.7 Å². The Morgan fingerprint density at radius 3 is 2.50 bits per heavy atom. The molecule has 0 unspecified atom stereocenters. The number of hydrogen-bond donors (Lipinski definition) is 3. The number of ether oxygens (including phenoxy) is 1. The molecule has 3 aromatic carbocycles. The van der Waals surface area contributed by atoms with Gasteiger partial charge in [0.2, 0.25) is 0 Å². The van der Waals surface area contributed by atoms with Crippen molar-refractivity contribution in [2.24, 2.45) is 5.73 Å². The van der Waals surface area contributed by atoms with Crippen LogP contribution in [0.3, 0.4) is 0 Å². The summed E-state index contributed by atoms with van der Waals surface area (Å²) >= 11 is 1.55. The lowest BCUT2D eigenvalue weighted by molar-refractivity contribution is 0.483. The van der Waals surface area contributed by atoms with Crippen molar-refractivity contribution in [3.8, 4) is 22.1 Å². The van der Waals surface area contributed by atoms with Crippen molar-refractivity contribution in [2.45, 2.75) is 6.54 Å². The quantitative estimate of drug-likeness (QED) is 0.202. The smallest absolute Gasteiger partial charge is 0.164 e. The van der Waals surface area contributed by atoms with Gasteiger partial charge in [-0.15, -0.1) is 11.3 Å². The summed E-state index contributed by atoms with van der Waals surface area (Å²) in [6.45, 7) is 0.884. The maximum absolute atomic E-state index is 11.5. The van der Waals surface area contributed by atoms with Gasteiger partial charge in [-0.3, -0.25) is 0 Å². The zero-order chi connectivity index (χ0) is 26.4. The molecule has 38 heavy (non-hydrogen) atoms. The lowest BCUT2D eigenvalue weighted by atomic mass is 10.1. The number of thiazole rings is 1. The van der Waals surface area contributed by atoms with Gasteiger partial charge in [0.05, 0.1) is 17.1 Å². The molecule has 0 atom stereocenters. The number of sulfone groups is 1.